The number of nitrogens with one attached hydrogen (secondary N) is 2. The van der Waals surface area contributed by atoms with Gasteiger partial charge in [0.1, 0.15) is 11.6 Å². The molecule has 32 heavy (non-hydrogen) atoms. The van der Waals surface area contributed by atoms with E-state index < -0.39 is 0 Å². The van der Waals surface area contributed by atoms with Crippen molar-refractivity contribution in [2.75, 3.05) is 25.0 Å². The molecule has 0 bridgehead atoms. The number of hydrogen-bond donors (Lipinski definition) is 2. The summed E-state index contributed by atoms with van der Waals surface area (Å²) in [6.45, 7) is 8.99. The molecule has 172 valence electrons. The average Bonchev–Trinajstić information content (AvgIpc) is 2.78. The van der Waals surface area contributed by atoms with Crippen LogP contribution in [0.3, 0.4) is 0 Å². The van der Waals surface area contributed by atoms with E-state index in [2.05, 4.69) is 36.4 Å². The Kier molecular flexibility index (Phi) is 7.21. The first-order valence-electron chi connectivity index (χ1n) is 11.9. The lowest BCUT2D eigenvalue weighted by atomic mass is 9.88. The first-order chi connectivity index (χ1) is 15.4. The van der Waals surface area contributed by atoms with Gasteiger partial charge < -0.3 is 15.4 Å². The molecule has 2 aliphatic rings. The molecule has 3 atom stereocenters. The molecule has 0 radical (unpaired) electrons. The summed E-state index contributed by atoms with van der Waals surface area (Å²) in [5.41, 5.74) is 2.66. The molecule has 2 saturated heterocycles. The maximum Gasteiger partial charge on any atom is 0.143 e. The molecule has 0 saturated carbocycles. The molecule has 6 nitrogen and oxygen atoms in total. The van der Waals surface area contributed by atoms with Crippen LogP contribution in [0, 0.1) is 11.8 Å². The highest BCUT2D eigenvalue weighted by molar-refractivity contribution is 5.83. The molecule has 2 aromatic rings. The van der Waals surface area contributed by atoms with Crippen LogP contribution >= 0.6 is 0 Å². The van der Waals surface area contributed by atoms with Crippen molar-refractivity contribution in [2.45, 2.75) is 64.5 Å². The summed E-state index contributed by atoms with van der Waals surface area (Å²) < 4.78 is 5.83. The number of aromatic nitrogens is 2. The van der Waals surface area contributed by atoms with Gasteiger partial charge in [-0.05, 0) is 76.6 Å². The van der Waals surface area contributed by atoms with Crippen molar-refractivity contribution < 1.29 is 9.53 Å². The van der Waals surface area contributed by atoms with Crippen LogP contribution in [0.5, 0.6) is 0 Å². The number of hydrogen-bond acceptors (Lipinski definition) is 6. The van der Waals surface area contributed by atoms with E-state index in [4.69, 9.17) is 9.72 Å². The number of anilines is 1. The number of carbonyl (C=O) groups excluding carboxylic acids is 1. The molecule has 0 spiro atoms. The molecule has 2 aromatic heterocycles. The van der Waals surface area contributed by atoms with Gasteiger partial charge in [0.25, 0.3) is 0 Å². The van der Waals surface area contributed by atoms with Gasteiger partial charge in [0.15, 0.2) is 0 Å². The Bertz CT molecular complexity index is 922. The molecule has 0 unspecified atom stereocenters. The van der Waals surface area contributed by atoms with Crippen LogP contribution in [0.15, 0.2) is 36.5 Å². The number of ketones is 1. The highest BCUT2D eigenvalue weighted by Crippen LogP contribution is 2.29. The first kappa shape index (κ1) is 22.9. The summed E-state index contributed by atoms with van der Waals surface area (Å²) in [5, 5.41) is 6.93. The maximum absolute atomic E-state index is 12.7. The number of Topliss-reactive ketones (excluding diaryl/α,β-unsaturated/α-hetero) is 1. The van der Waals surface area contributed by atoms with Crippen LogP contribution in [0.25, 0.3) is 11.3 Å². The van der Waals surface area contributed by atoms with Gasteiger partial charge in [-0.1, -0.05) is 6.07 Å². The van der Waals surface area contributed by atoms with E-state index in [0.717, 1.165) is 68.1 Å². The second kappa shape index (κ2) is 10.1. The third kappa shape index (κ3) is 6.14. The summed E-state index contributed by atoms with van der Waals surface area (Å²) >= 11 is 0. The van der Waals surface area contributed by atoms with Gasteiger partial charge in [-0.3, -0.25) is 9.78 Å². The van der Waals surface area contributed by atoms with Crippen LogP contribution in [-0.4, -0.2) is 47.1 Å². The lowest BCUT2D eigenvalue weighted by Crippen LogP contribution is -2.40. The minimum Gasteiger partial charge on any atom is -0.376 e. The molecule has 0 amide bonds. The van der Waals surface area contributed by atoms with Gasteiger partial charge in [-0.25, -0.2) is 4.98 Å². The van der Waals surface area contributed by atoms with E-state index in [1.807, 2.05) is 30.3 Å². The molecule has 0 aromatic carbocycles. The van der Waals surface area contributed by atoms with Crippen molar-refractivity contribution >= 4 is 11.6 Å². The number of ether oxygens (including phenoxy) is 1. The number of pyridine rings is 2. The average molecular weight is 437 g/mol. The van der Waals surface area contributed by atoms with E-state index in [1.165, 1.54) is 0 Å². The lowest BCUT2D eigenvalue weighted by Gasteiger charge is -2.35. The Labute approximate surface area is 191 Å². The van der Waals surface area contributed by atoms with Gasteiger partial charge in [-0.15, -0.1) is 0 Å². The maximum atomic E-state index is 12.7. The van der Waals surface area contributed by atoms with Crippen molar-refractivity contribution in [2.24, 2.45) is 11.8 Å². The molecule has 6 heteroatoms. The molecular formula is C26H36N4O2. The van der Waals surface area contributed by atoms with E-state index >= 15 is 0 Å². The Morgan fingerprint density at radius 2 is 2.12 bits per heavy atom. The minimum absolute atomic E-state index is 0.0450. The quantitative estimate of drug-likeness (QED) is 0.675. The zero-order valence-corrected chi connectivity index (χ0v) is 19.6. The van der Waals surface area contributed by atoms with Crippen molar-refractivity contribution in [3.63, 3.8) is 0 Å². The molecule has 2 aliphatic heterocycles. The Hall–Kier alpha value is -2.31. The van der Waals surface area contributed by atoms with Crippen LogP contribution in [0.1, 0.15) is 52.1 Å². The third-order valence-electron chi connectivity index (χ3n) is 6.70. The zero-order chi connectivity index (χ0) is 22.6. The van der Waals surface area contributed by atoms with E-state index in [-0.39, 0.29) is 17.3 Å². The van der Waals surface area contributed by atoms with Gasteiger partial charge in [0.2, 0.25) is 0 Å². The summed E-state index contributed by atoms with van der Waals surface area (Å²) in [6, 6.07) is 10.5. The first-order valence-corrected chi connectivity index (χ1v) is 11.9. The number of carbonyl (C=O) groups is 1. The number of piperidine rings is 1. The second-order valence-corrected chi connectivity index (χ2v) is 10.0. The van der Waals surface area contributed by atoms with E-state index in [9.17, 15) is 4.79 Å². The van der Waals surface area contributed by atoms with Crippen LogP contribution in [0.2, 0.25) is 0 Å². The van der Waals surface area contributed by atoms with Crippen LogP contribution in [0.4, 0.5) is 5.82 Å². The predicted octanol–water partition coefficient (Wildman–Crippen LogP) is 4.26. The topological polar surface area (TPSA) is 76.1 Å². The van der Waals surface area contributed by atoms with Crippen molar-refractivity contribution in [3.8, 4) is 11.3 Å². The Morgan fingerprint density at radius 1 is 1.25 bits per heavy atom. The van der Waals surface area contributed by atoms with Crippen LogP contribution < -0.4 is 10.6 Å². The number of nitrogens with zero attached hydrogens (tertiary/aromatic N) is 2. The second-order valence-electron chi connectivity index (χ2n) is 10.0. The zero-order valence-electron chi connectivity index (χ0n) is 19.6. The molecular weight excluding hydrogens is 400 g/mol. The normalized spacial score (nSPS) is 25.3. The minimum atomic E-state index is -0.0450. The smallest absolute Gasteiger partial charge is 0.143 e. The Balaban J connectivity index is 1.38. The standard InChI is InChI=1S/C26H36N4O2/c1-18-7-8-21(17-28-18)24(31)14-22-13-20(9-11-27-22)23-5-4-6-25(30-23)29-16-19-10-12-32-26(2,3)15-19/h4-6,9,11,13,18-19,21,28H,7-8,10,12,14-17H2,1-3H3,(H,29,30)/t18-,19+,21-/m1/s1. The molecule has 2 N–H and O–H groups in total. The van der Waals surface area contributed by atoms with Gasteiger partial charge in [-0.2, -0.15) is 0 Å². The summed E-state index contributed by atoms with van der Waals surface area (Å²) in [7, 11) is 0. The van der Waals surface area contributed by atoms with E-state index in [1.54, 1.807) is 6.20 Å². The Morgan fingerprint density at radius 3 is 2.91 bits per heavy atom. The molecule has 2 fully saturated rings. The van der Waals surface area contributed by atoms with E-state index in [0.29, 0.717) is 18.4 Å². The fourth-order valence-electron chi connectivity index (χ4n) is 4.81. The summed E-state index contributed by atoms with van der Waals surface area (Å²) in [5.74, 6) is 1.83. The molecule has 4 heterocycles. The van der Waals surface area contributed by atoms with Gasteiger partial charge >= 0.3 is 0 Å². The largest absolute Gasteiger partial charge is 0.376 e. The highest BCUT2D eigenvalue weighted by atomic mass is 16.5. The van der Waals surface area contributed by atoms with Crippen molar-refractivity contribution in [3.05, 3.63) is 42.2 Å². The summed E-state index contributed by atoms with van der Waals surface area (Å²) in [4.78, 5) is 22.0. The fourth-order valence-corrected chi connectivity index (χ4v) is 4.81. The fraction of sp³-hybridized carbons (Fsp3) is 0.577. The molecule has 0 aliphatic carbocycles. The van der Waals surface area contributed by atoms with Gasteiger partial charge in [0, 0.05) is 55.5 Å². The SMILES string of the molecule is C[C@@H]1CC[C@@H](C(=O)Cc2cc(-c3cccc(NC[C@H]4CCOC(C)(C)C4)n3)ccn2)CN1. The number of rotatable bonds is 7. The third-order valence-corrected chi connectivity index (χ3v) is 6.70. The highest BCUT2D eigenvalue weighted by Gasteiger charge is 2.28. The monoisotopic (exact) mass is 436 g/mol. The van der Waals surface area contributed by atoms with Crippen molar-refractivity contribution in [1.82, 2.24) is 15.3 Å². The summed E-state index contributed by atoms with van der Waals surface area (Å²) in [6.07, 6.45) is 6.31. The van der Waals surface area contributed by atoms with Gasteiger partial charge in [0.05, 0.1) is 11.3 Å². The predicted molar refractivity (Wildman–Crippen MR) is 128 cm³/mol. The van der Waals surface area contributed by atoms with Crippen molar-refractivity contribution in [1.29, 1.82) is 0 Å². The van der Waals surface area contributed by atoms with Crippen LogP contribution in [-0.2, 0) is 16.0 Å². The molecule has 4 rings (SSSR count). The lowest BCUT2D eigenvalue weighted by molar-refractivity contribution is -0.122.